The molecule has 0 saturated carbocycles. The van der Waals surface area contributed by atoms with Gasteiger partial charge in [0.1, 0.15) is 4.64 Å². The van der Waals surface area contributed by atoms with Crippen LogP contribution in [-0.2, 0) is 16.1 Å². The number of rotatable bonds is 17. The van der Waals surface area contributed by atoms with Crippen LogP contribution in [0.5, 0.6) is 0 Å². The second kappa shape index (κ2) is 16.2. The van der Waals surface area contributed by atoms with Crippen LogP contribution in [0.2, 0.25) is 0 Å². The molecule has 0 amide bonds. The highest BCUT2D eigenvalue weighted by molar-refractivity contribution is 7.71. The Balaban J connectivity index is 1.94. The lowest BCUT2D eigenvalue weighted by molar-refractivity contribution is -0.151. The van der Waals surface area contributed by atoms with E-state index < -0.39 is 0 Å². The fraction of sp³-hybridized carbons (Fsp3) is 0.800. The van der Waals surface area contributed by atoms with Crippen molar-refractivity contribution >= 4 is 18.2 Å². The van der Waals surface area contributed by atoms with Gasteiger partial charge in [-0.15, -0.1) is 0 Å². The minimum atomic E-state index is -0.113. The Hall–Kier alpha value is -1.43. The Morgan fingerprint density at radius 2 is 1.52 bits per heavy atom. The molecule has 178 valence electrons. The molecule has 0 aliphatic carbocycles. The summed E-state index contributed by atoms with van der Waals surface area (Å²) in [6.07, 6.45) is 14.5. The minimum Gasteiger partial charge on any atom is -0.465 e. The molecule has 1 atom stereocenters. The van der Waals surface area contributed by atoms with Crippen LogP contribution in [0.25, 0.3) is 0 Å². The molecule has 0 bridgehead atoms. The first-order chi connectivity index (χ1) is 14.8. The van der Waals surface area contributed by atoms with Crippen LogP contribution in [0, 0.1) is 22.4 Å². The van der Waals surface area contributed by atoms with E-state index in [2.05, 4.69) is 32.7 Å². The van der Waals surface area contributed by atoms with Crippen LogP contribution in [0.4, 0.5) is 0 Å². The fourth-order valence-electron chi connectivity index (χ4n) is 3.85. The van der Waals surface area contributed by atoms with Crippen molar-refractivity contribution in [2.24, 2.45) is 17.8 Å². The number of ether oxygens (including phenoxy) is 1. The molecule has 1 heterocycles. The van der Waals surface area contributed by atoms with Crippen molar-refractivity contribution in [2.45, 2.75) is 105 Å². The van der Waals surface area contributed by atoms with Gasteiger partial charge in [-0.25, -0.2) is 4.79 Å². The summed E-state index contributed by atoms with van der Waals surface area (Å²) in [5.41, 5.74) is -0.113. The maximum absolute atomic E-state index is 12.3. The van der Waals surface area contributed by atoms with E-state index in [0.29, 0.717) is 23.1 Å². The van der Waals surface area contributed by atoms with E-state index in [0.717, 1.165) is 38.6 Å². The van der Waals surface area contributed by atoms with Gasteiger partial charge in [0, 0.05) is 12.7 Å². The van der Waals surface area contributed by atoms with Crippen molar-refractivity contribution in [3.05, 3.63) is 27.4 Å². The summed E-state index contributed by atoms with van der Waals surface area (Å²) >= 11 is 4.94. The van der Waals surface area contributed by atoms with Gasteiger partial charge in [-0.2, -0.15) is 0 Å². The molecule has 31 heavy (non-hydrogen) atoms. The van der Waals surface area contributed by atoms with Crippen LogP contribution in [0.1, 0.15) is 98.3 Å². The monoisotopic (exact) mass is 452 g/mol. The number of hydrogen-bond acceptors (Lipinski definition) is 4. The van der Waals surface area contributed by atoms with Crippen molar-refractivity contribution < 1.29 is 9.53 Å². The largest absolute Gasteiger partial charge is 0.465 e. The number of carbonyl (C=O) groups is 1. The summed E-state index contributed by atoms with van der Waals surface area (Å²) in [4.78, 5) is 26.6. The molecule has 0 saturated heterocycles. The van der Waals surface area contributed by atoms with E-state index in [-0.39, 0.29) is 17.6 Å². The first-order valence-corrected chi connectivity index (χ1v) is 12.7. The lowest BCUT2D eigenvalue weighted by Gasteiger charge is -2.21. The zero-order valence-electron chi connectivity index (χ0n) is 20.2. The number of aromatic amines is 1. The number of nitrogens with one attached hydrogen (secondary N) is 1. The molecule has 1 rings (SSSR count). The standard InChI is InChI=1S/C25H44N2O3S/c1-20(2)19-22(21(3)4)24(28)30-18-14-12-10-8-6-5-7-9-11-13-16-27-17-15-23(31)26-25(27)29/h15,17,20-22H,5-14,16,18-19H2,1-4H3,(H,26,29,31). The van der Waals surface area contributed by atoms with Crippen molar-refractivity contribution in [1.82, 2.24) is 9.55 Å². The van der Waals surface area contributed by atoms with Gasteiger partial charge in [-0.3, -0.25) is 9.78 Å². The second-order valence-corrected chi connectivity index (χ2v) is 9.93. The van der Waals surface area contributed by atoms with Crippen LogP contribution in [-0.4, -0.2) is 22.1 Å². The smallest absolute Gasteiger partial charge is 0.326 e. The summed E-state index contributed by atoms with van der Waals surface area (Å²) in [5, 5.41) is 0. The molecular weight excluding hydrogens is 408 g/mol. The molecule has 0 aliphatic heterocycles. The molecular formula is C25H44N2O3S. The van der Waals surface area contributed by atoms with Crippen LogP contribution < -0.4 is 5.69 Å². The lowest BCUT2D eigenvalue weighted by Crippen LogP contribution is -2.24. The number of H-pyrrole nitrogens is 1. The number of carbonyl (C=O) groups excluding carboxylic acids is 1. The highest BCUT2D eigenvalue weighted by Crippen LogP contribution is 2.22. The van der Waals surface area contributed by atoms with Crippen LogP contribution in [0.3, 0.4) is 0 Å². The van der Waals surface area contributed by atoms with Crippen molar-refractivity contribution in [1.29, 1.82) is 0 Å². The van der Waals surface area contributed by atoms with Gasteiger partial charge in [0.05, 0.1) is 12.5 Å². The van der Waals surface area contributed by atoms with Gasteiger partial charge < -0.3 is 9.30 Å². The third kappa shape index (κ3) is 12.9. The minimum absolute atomic E-state index is 0.0101. The van der Waals surface area contributed by atoms with Gasteiger partial charge in [-0.1, -0.05) is 91.3 Å². The van der Waals surface area contributed by atoms with E-state index in [1.165, 1.54) is 38.5 Å². The first kappa shape index (κ1) is 27.6. The average Bonchev–Trinajstić information content (AvgIpc) is 2.70. The summed E-state index contributed by atoms with van der Waals surface area (Å²) < 4.78 is 7.71. The number of esters is 1. The third-order valence-electron chi connectivity index (χ3n) is 5.77. The molecule has 0 aromatic carbocycles. The third-order valence-corrected chi connectivity index (χ3v) is 6.01. The summed E-state index contributed by atoms with van der Waals surface area (Å²) in [6.45, 7) is 9.85. The number of nitrogens with zero attached hydrogens (tertiary/aromatic N) is 1. The molecule has 0 aliphatic rings. The molecule has 0 fully saturated rings. The summed E-state index contributed by atoms with van der Waals surface area (Å²) in [7, 11) is 0. The van der Waals surface area contributed by atoms with Gasteiger partial charge in [0.2, 0.25) is 0 Å². The normalized spacial score (nSPS) is 12.5. The van der Waals surface area contributed by atoms with Crippen molar-refractivity contribution in [3.63, 3.8) is 0 Å². The van der Waals surface area contributed by atoms with Crippen molar-refractivity contribution in [2.75, 3.05) is 6.61 Å². The topological polar surface area (TPSA) is 64.1 Å². The van der Waals surface area contributed by atoms with E-state index >= 15 is 0 Å². The summed E-state index contributed by atoms with van der Waals surface area (Å²) in [6, 6.07) is 1.76. The predicted molar refractivity (Wildman–Crippen MR) is 131 cm³/mol. The first-order valence-electron chi connectivity index (χ1n) is 12.3. The van der Waals surface area contributed by atoms with E-state index in [1.807, 2.05) is 0 Å². The molecule has 6 heteroatoms. The Morgan fingerprint density at radius 1 is 0.968 bits per heavy atom. The quantitative estimate of drug-likeness (QED) is 0.163. The fourth-order valence-corrected chi connectivity index (χ4v) is 4.00. The molecule has 0 spiro atoms. The Labute approximate surface area is 194 Å². The lowest BCUT2D eigenvalue weighted by atomic mass is 9.88. The maximum Gasteiger partial charge on any atom is 0.326 e. The number of aromatic nitrogens is 2. The molecule has 1 unspecified atom stereocenters. The Morgan fingerprint density at radius 3 is 2.03 bits per heavy atom. The average molecular weight is 453 g/mol. The Bertz CT molecular complexity index is 724. The van der Waals surface area contributed by atoms with Crippen LogP contribution in [0.15, 0.2) is 17.1 Å². The van der Waals surface area contributed by atoms with Gasteiger partial charge in [0.15, 0.2) is 0 Å². The maximum atomic E-state index is 12.3. The number of unbranched alkanes of at least 4 members (excludes halogenated alkanes) is 9. The molecule has 1 N–H and O–H groups in total. The van der Waals surface area contributed by atoms with Crippen molar-refractivity contribution in [3.8, 4) is 0 Å². The van der Waals surface area contributed by atoms with Gasteiger partial charge in [0.25, 0.3) is 0 Å². The zero-order chi connectivity index (χ0) is 23.1. The van der Waals surface area contributed by atoms with Gasteiger partial charge in [-0.05, 0) is 37.2 Å². The highest BCUT2D eigenvalue weighted by atomic mass is 32.1. The highest BCUT2D eigenvalue weighted by Gasteiger charge is 2.24. The van der Waals surface area contributed by atoms with E-state index in [1.54, 1.807) is 16.8 Å². The summed E-state index contributed by atoms with van der Waals surface area (Å²) in [5.74, 6) is 0.887. The van der Waals surface area contributed by atoms with Crippen LogP contribution >= 0.6 is 12.2 Å². The molecule has 5 nitrogen and oxygen atoms in total. The number of hydrogen-bond donors (Lipinski definition) is 1. The number of aryl methyl sites for hydroxylation is 1. The van der Waals surface area contributed by atoms with Gasteiger partial charge >= 0.3 is 11.7 Å². The molecule has 1 aromatic rings. The predicted octanol–water partition coefficient (Wildman–Crippen LogP) is 6.67. The van der Waals surface area contributed by atoms with E-state index in [4.69, 9.17) is 17.0 Å². The SMILES string of the molecule is CC(C)CC(C(=O)OCCCCCCCCCCCCn1ccc(=S)[nH]c1=O)C(C)C. The van der Waals surface area contributed by atoms with E-state index in [9.17, 15) is 9.59 Å². The molecule has 0 radical (unpaired) electrons. The Kier molecular flexibility index (Phi) is 14.5. The zero-order valence-corrected chi connectivity index (χ0v) is 21.0. The second-order valence-electron chi connectivity index (χ2n) is 9.49. The molecule has 1 aromatic heterocycles.